The number of hydrogen-bond donors (Lipinski definition) is 3. The highest BCUT2D eigenvalue weighted by atomic mass is 16.5. The fraction of sp³-hybridized carbons (Fsp3) is 0.250. The third-order valence-corrected chi connectivity index (χ3v) is 4.69. The first kappa shape index (κ1) is 20.1. The molecule has 0 radical (unpaired) electrons. The van der Waals surface area contributed by atoms with Crippen molar-refractivity contribution in [1.82, 2.24) is 0 Å². The molecule has 0 heterocycles. The Labute approximate surface area is 166 Å². The first-order valence-corrected chi connectivity index (χ1v) is 9.69. The second-order valence-corrected chi connectivity index (χ2v) is 6.95. The van der Waals surface area contributed by atoms with Crippen LogP contribution in [0.1, 0.15) is 5.56 Å². The highest BCUT2D eigenvalue weighted by Crippen LogP contribution is 2.22. The van der Waals surface area contributed by atoms with Crippen molar-refractivity contribution in [3.63, 3.8) is 0 Å². The predicted octanol–water partition coefficient (Wildman–Crippen LogP) is 2.17. The molecule has 146 valence electrons. The highest BCUT2D eigenvalue weighted by molar-refractivity contribution is 5.63. The molecule has 0 bridgehead atoms. The number of aliphatic hydroxyl groups is 2. The summed E-state index contributed by atoms with van der Waals surface area (Å²) in [6.45, 7) is 2.21. The summed E-state index contributed by atoms with van der Waals surface area (Å²) in [4.78, 5) is 1.13. The van der Waals surface area contributed by atoms with Gasteiger partial charge < -0.3 is 19.8 Å². The summed E-state index contributed by atoms with van der Waals surface area (Å²) in [6.07, 6.45) is -0.598. The fourth-order valence-corrected chi connectivity index (χ4v) is 3.26. The maximum Gasteiger partial charge on any atom is 0.137 e. The van der Waals surface area contributed by atoms with E-state index in [1.54, 1.807) is 0 Å². The molecular formula is C24H28NO3+. The Hall–Kier alpha value is -2.66. The van der Waals surface area contributed by atoms with Crippen LogP contribution >= 0.6 is 0 Å². The third kappa shape index (κ3) is 6.20. The van der Waals surface area contributed by atoms with Crippen LogP contribution in [0.4, 0.5) is 0 Å². The van der Waals surface area contributed by atoms with Gasteiger partial charge in [-0.25, -0.2) is 0 Å². The van der Waals surface area contributed by atoms with E-state index < -0.39 is 6.10 Å². The first-order valence-electron chi connectivity index (χ1n) is 9.69. The van der Waals surface area contributed by atoms with Gasteiger partial charge in [-0.15, -0.1) is 0 Å². The lowest BCUT2D eigenvalue weighted by Gasteiger charge is -2.22. The number of quaternary nitrogens is 1. The van der Waals surface area contributed by atoms with Crippen molar-refractivity contribution in [3.05, 3.63) is 90.5 Å². The molecule has 0 spiro atoms. The zero-order valence-corrected chi connectivity index (χ0v) is 16.0. The zero-order chi connectivity index (χ0) is 19.6. The molecule has 3 aromatic rings. The number of hydrogen-bond acceptors (Lipinski definition) is 3. The van der Waals surface area contributed by atoms with Gasteiger partial charge in [-0.05, 0) is 23.3 Å². The molecule has 0 aliphatic heterocycles. The van der Waals surface area contributed by atoms with E-state index in [9.17, 15) is 10.2 Å². The fourth-order valence-electron chi connectivity index (χ4n) is 3.26. The molecule has 28 heavy (non-hydrogen) atoms. The van der Waals surface area contributed by atoms with Crippen LogP contribution in [-0.4, -0.2) is 42.6 Å². The molecule has 0 aliphatic carbocycles. The van der Waals surface area contributed by atoms with Crippen LogP contribution in [0.3, 0.4) is 0 Å². The van der Waals surface area contributed by atoms with Crippen molar-refractivity contribution in [2.75, 3.05) is 26.3 Å². The summed E-state index contributed by atoms with van der Waals surface area (Å²) in [5.41, 5.74) is 3.49. The van der Waals surface area contributed by atoms with Gasteiger partial charge in [0.2, 0.25) is 0 Å². The Morgan fingerprint density at radius 1 is 0.786 bits per heavy atom. The molecule has 1 unspecified atom stereocenters. The van der Waals surface area contributed by atoms with Gasteiger partial charge in [-0.2, -0.15) is 0 Å². The molecule has 0 fully saturated rings. The molecule has 0 aromatic heterocycles. The molecule has 4 nitrogen and oxygen atoms in total. The normalized spacial score (nSPS) is 13.1. The van der Waals surface area contributed by atoms with Gasteiger partial charge >= 0.3 is 0 Å². The van der Waals surface area contributed by atoms with Crippen LogP contribution in [0, 0.1) is 0 Å². The molecular weight excluding hydrogens is 350 g/mol. The minimum absolute atomic E-state index is 0.0939. The van der Waals surface area contributed by atoms with Crippen LogP contribution in [0.15, 0.2) is 84.9 Å². The molecule has 0 aliphatic rings. The monoisotopic (exact) mass is 378 g/mol. The van der Waals surface area contributed by atoms with Gasteiger partial charge in [0.15, 0.2) is 0 Å². The number of ether oxygens (including phenoxy) is 1. The van der Waals surface area contributed by atoms with E-state index >= 15 is 0 Å². The quantitative estimate of drug-likeness (QED) is 0.507. The molecule has 0 amide bonds. The smallest absolute Gasteiger partial charge is 0.137 e. The minimum Gasteiger partial charge on any atom is -0.491 e. The lowest BCUT2D eigenvalue weighted by atomic mass is 10.1. The lowest BCUT2D eigenvalue weighted by Crippen LogP contribution is -3.12. The van der Waals surface area contributed by atoms with Crippen molar-refractivity contribution >= 4 is 0 Å². The van der Waals surface area contributed by atoms with E-state index in [-0.39, 0.29) is 13.2 Å². The summed E-state index contributed by atoms with van der Waals surface area (Å²) in [6, 6.07) is 28.2. The Kier molecular flexibility index (Phi) is 7.62. The van der Waals surface area contributed by atoms with Crippen molar-refractivity contribution in [2.24, 2.45) is 0 Å². The first-order chi connectivity index (χ1) is 13.7. The molecule has 0 saturated heterocycles. The van der Waals surface area contributed by atoms with Crippen LogP contribution < -0.4 is 9.64 Å². The molecule has 3 aromatic carbocycles. The molecule has 3 N–H and O–H groups in total. The van der Waals surface area contributed by atoms with E-state index in [4.69, 9.17) is 4.74 Å². The summed E-state index contributed by atoms with van der Waals surface area (Å²) < 4.78 is 5.76. The van der Waals surface area contributed by atoms with Crippen LogP contribution in [-0.2, 0) is 6.54 Å². The average molecular weight is 378 g/mol. The standard InChI is InChI=1S/C24H27NO3/c26-16-15-25(17-20-7-3-1-4-8-20)18-23(27)19-28-24-13-11-22(12-14-24)21-9-5-2-6-10-21/h1-14,23,26-27H,15-19H2/p+1/t23-/m0/s1. The average Bonchev–Trinajstić information content (AvgIpc) is 2.74. The highest BCUT2D eigenvalue weighted by Gasteiger charge is 2.16. The molecule has 2 atom stereocenters. The predicted molar refractivity (Wildman–Crippen MR) is 111 cm³/mol. The molecule has 4 heteroatoms. The van der Waals surface area contributed by atoms with Crippen LogP contribution in [0.5, 0.6) is 5.75 Å². The van der Waals surface area contributed by atoms with Gasteiger partial charge in [0.05, 0.1) is 6.61 Å². The van der Waals surface area contributed by atoms with E-state index in [0.717, 1.165) is 22.8 Å². The van der Waals surface area contributed by atoms with E-state index in [1.807, 2.05) is 60.7 Å². The van der Waals surface area contributed by atoms with Crippen molar-refractivity contribution in [3.8, 4) is 16.9 Å². The number of aliphatic hydroxyl groups excluding tert-OH is 2. The third-order valence-electron chi connectivity index (χ3n) is 4.69. The van der Waals surface area contributed by atoms with E-state index in [1.165, 1.54) is 11.1 Å². The maximum atomic E-state index is 10.4. The number of rotatable bonds is 10. The lowest BCUT2D eigenvalue weighted by molar-refractivity contribution is -0.917. The topological polar surface area (TPSA) is 54.1 Å². The van der Waals surface area contributed by atoms with Gasteiger partial charge in [-0.3, -0.25) is 0 Å². The minimum atomic E-state index is -0.598. The number of benzene rings is 3. The molecule has 0 saturated carbocycles. The largest absolute Gasteiger partial charge is 0.491 e. The maximum absolute atomic E-state index is 10.4. The Morgan fingerprint density at radius 3 is 2.04 bits per heavy atom. The summed E-state index contributed by atoms with van der Waals surface area (Å²) in [5.74, 6) is 0.741. The second kappa shape index (κ2) is 10.6. The second-order valence-electron chi connectivity index (χ2n) is 6.95. The van der Waals surface area contributed by atoms with Gasteiger partial charge in [0, 0.05) is 5.56 Å². The molecule has 3 rings (SSSR count). The number of nitrogens with one attached hydrogen (secondary N) is 1. The van der Waals surface area contributed by atoms with Gasteiger partial charge in [-0.1, -0.05) is 72.8 Å². The summed E-state index contributed by atoms with van der Waals surface area (Å²) in [5, 5.41) is 19.7. The van der Waals surface area contributed by atoms with E-state index in [2.05, 4.69) is 24.3 Å². The van der Waals surface area contributed by atoms with Crippen molar-refractivity contribution in [2.45, 2.75) is 12.6 Å². The Bertz CT molecular complexity index is 806. The van der Waals surface area contributed by atoms with E-state index in [0.29, 0.717) is 13.1 Å². The Morgan fingerprint density at radius 2 is 1.39 bits per heavy atom. The van der Waals surface area contributed by atoms with Gasteiger partial charge in [0.1, 0.15) is 38.1 Å². The van der Waals surface area contributed by atoms with Crippen LogP contribution in [0.2, 0.25) is 0 Å². The SMILES string of the molecule is OCC[NH+](Cc1ccccc1)C[C@H](O)COc1ccc(-c2ccccc2)cc1. The Balaban J connectivity index is 1.50. The summed E-state index contributed by atoms with van der Waals surface area (Å²) >= 11 is 0. The van der Waals surface area contributed by atoms with Crippen molar-refractivity contribution < 1.29 is 19.8 Å². The van der Waals surface area contributed by atoms with Crippen molar-refractivity contribution in [1.29, 1.82) is 0 Å². The van der Waals surface area contributed by atoms with Crippen LogP contribution in [0.25, 0.3) is 11.1 Å². The van der Waals surface area contributed by atoms with Gasteiger partial charge in [0.25, 0.3) is 0 Å². The summed E-state index contributed by atoms with van der Waals surface area (Å²) in [7, 11) is 0. The zero-order valence-electron chi connectivity index (χ0n) is 16.0.